The van der Waals surface area contributed by atoms with E-state index < -0.39 is 11.6 Å². The van der Waals surface area contributed by atoms with E-state index in [4.69, 9.17) is 5.26 Å². The first-order valence-electron chi connectivity index (χ1n) is 5.86. The van der Waals surface area contributed by atoms with E-state index >= 15 is 0 Å². The van der Waals surface area contributed by atoms with Crippen molar-refractivity contribution in [3.8, 4) is 6.07 Å². The predicted octanol–water partition coefficient (Wildman–Crippen LogP) is 2.23. The highest BCUT2D eigenvalue weighted by Crippen LogP contribution is 2.29. The van der Waals surface area contributed by atoms with E-state index in [1.165, 1.54) is 0 Å². The van der Waals surface area contributed by atoms with Crippen LogP contribution in [0.1, 0.15) is 18.1 Å². The number of carbonyl (C=O) groups is 2. The molecule has 0 saturated carbocycles. The van der Waals surface area contributed by atoms with Gasteiger partial charge in [0, 0.05) is 4.48 Å². The zero-order valence-electron chi connectivity index (χ0n) is 10.8. The number of rotatable bonds is 3. The summed E-state index contributed by atoms with van der Waals surface area (Å²) in [7, 11) is 0. The van der Waals surface area contributed by atoms with E-state index in [1.54, 1.807) is 31.2 Å². The van der Waals surface area contributed by atoms with Gasteiger partial charge in [0.1, 0.15) is 5.54 Å². The molecule has 1 aromatic carbocycles. The lowest BCUT2D eigenvalue weighted by molar-refractivity contribution is -0.130. The van der Waals surface area contributed by atoms with Crippen LogP contribution in [-0.2, 0) is 10.3 Å². The van der Waals surface area contributed by atoms with Gasteiger partial charge in [0.05, 0.1) is 18.2 Å². The highest BCUT2D eigenvalue weighted by Gasteiger charge is 2.48. The molecule has 1 saturated heterocycles. The van der Waals surface area contributed by atoms with Crippen LogP contribution in [0.15, 0.2) is 35.3 Å². The lowest BCUT2D eigenvalue weighted by Crippen LogP contribution is -2.41. The summed E-state index contributed by atoms with van der Waals surface area (Å²) < 4.78 is 0.546. The van der Waals surface area contributed by atoms with Gasteiger partial charge in [0.2, 0.25) is 0 Å². The van der Waals surface area contributed by atoms with Gasteiger partial charge in [-0.3, -0.25) is 9.69 Å². The number of urea groups is 1. The van der Waals surface area contributed by atoms with Gasteiger partial charge in [-0.15, -0.1) is 0 Å². The molecule has 3 amide bonds. The third-order valence-electron chi connectivity index (χ3n) is 3.20. The zero-order chi connectivity index (χ0) is 14.9. The van der Waals surface area contributed by atoms with Gasteiger partial charge < -0.3 is 5.32 Å². The number of halogens is 1. The van der Waals surface area contributed by atoms with E-state index in [0.29, 0.717) is 15.6 Å². The summed E-state index contributed by atoms with van der Waals surface area (Å²) in [5.74, 6) is -0.340. The summed E-state index contributed by atoms with van der Waals surface area (Å²) in [6.45, 7) is 5.40. The number of nitriles is 1. The van der Waals surface area contributed by atoms with Crippen LogP contribution in [0.25, 0.3) is 0 Å². The number of benzene rings is 1. The van der Waals surface area contributed by atoms with Gasteiger partial charge >= 0.3 is 6.03 Å². The Kier molecular flexibility index (Phi) is 3.64. The zero-order valence-corrected chi connectivity index (χ0v) is 12.4. The highest BCUT2D eigenvalue weighted by molar-refractivity contribution is 9.11. The van der Waals surface area contributed by atoms with Crippen molar-refractivity contribution in [2.75, 3.05) is 6.54 Å². The Bertz CT molecular complexity index is 633. The van der Waals surface area contributed by atoms with Crippen LogP contribution < -0.4 is 5.32 Å². The van der Waals surface area contributed by atoms with Gasteiger partial charge in [0.25, 0.3) is 5.91 Å². The lowest BCUT2D eigenvalue weighted by atomic mass is 9.91. The molecule has 1 atom stereocenters. The molecular weight excluding hydrogens is 322 g/mol. The Hall–Kier alpha value is -2.13. The lowest BCUT2D eigenvalue weighted by Gasteiger charge is -2.22. The molecule has 1 aliphatic rings. The Morgan fingerprint density at radius 1 is 1.45 bits per heavy atom. The highest BCUT2D eigenvalue weighted by atomic mass is 79.9. The van der Waals surface area contributed by atoms with Crippen LogP contribution in [0.2, 0.25) is 0 Å². The first-order chi connectivity index (χ1) is 9.38. The fraction of sp³-hybridized carbons (Fsp3) is 0.214. The molecule has 0 aliphatic carbocycles. The number of nitrogens with one attached hydrogen (secondary N) is 1. The predicted molar refractivity (Wildman–Crippen MR) is 76.8 cm³/mol. The number of nitrogens with zero attached hydrogens (tertiary/aromatic N) is 2. The SMILES string of the molecule is C=C(Br)CN1C(=O)N[C@@](C)(c2ccc(C#N)cc2)C1=O. The molecule has 0 unspecified atom stereocenters. The molecular formula is C14H12BrN3O2. The summed E-state index contributed by atoms with van der Waals surface area (Å²) in [5.41, 5.74) is 0.0189. The molecule has 102 valence electrons. The van der Waals surface area contributed by atoms with Crippen LogP contribution in [-0.4, -0.2) is 23.4 Å². The van der Waals surface area contributed by atoms with Crippen molar-refractivity contribution in [3.05, 3.63) is 46.5 Å². The minimum atomic E-state index is -1.12. The minimum Gasteiger partial charge on any atom is -0.319 e. The number of carbonyl (C=O) groups excluding carboxylic acids is 2. The average molecular weight is 334 g/mol. The molecule has 1 aromatic rings. The molecule has 6 heteroatoms. The molecule has 0 spiro atoms. The van der Waals surface area contributed by atoms with Crippen molar-refractivity contribution in [2.45, 2.75) is 12.5 Å². The molecule has 0 bridgehead atoms. The van der Waals surface area contributed by atoms with Gasteiger partial charge in [-0.05, 0) is 24.6 Å². The number of hydrogen-bond acceptors (Lipinski definition) is 3. The maximum Gasteiger partial charge on any atom is 0.325 e. The van der Waals surface area contributed by atoms with Gasteiger partial charge in [0.15, 0.2) is 0 Å². The third-order valence-corrected chi connectivity index (χ3v) is 3.45. The summed E-state index contributed by atoms with van der Waals surface area (Å²) in [6.07, 6.45) is 0. The largest absolute Gasteiger partial charge is 0.325 e. The molecule has 0 radical (unpaired) electrons. The van der Waals surface area contributed by atoms with Crippen molar-refractivity contribution < 1.29 is 9.59 Å². The topological polar surface area (TPSA) is 73.2 Å². The maximum atomic E-state index is 12.4. The van der Waals surface area contributed by atoms with Crippen LogP contribution in [0.3, 0.4) is 0 Å². The fourth-order valence-electron chi connectivity index (χ4n) is 2.09. The maximum absolute atomic E-state index is 12.4. The molecule has 1 aliphatic heterocycles. The first kappa shape index (κ1) is 14.3. The quantitative estimate of drug-likeness (QED) is 0.862. The first-order valence-corrected chi connectivity index (χ1v) is 6.66. The second-order valence-electron chi connectivity index (χ2n) is 4.65. The molecule has 0 aromatic heterocycles. The smallest absolute Gasteiger partial charge is 0.319 e. The van der Waals surface area contributed by atoms with Crippen LogP contribution in [0.4, 0.5) is 4.79 Å². The van der Waals surface area contributed by atoms with E-state index in [2.05, 4.69) is 27.8 Å². The molecule has 2 rings (SSSR count). The van der Waals surface area contributed by atoms with Crippen molar-refractivity contribution in [1.29, 1.82) is 5.26 Å². The Morgan fingerprint density at radius 2 is 2.05 bits per heavy atom. The van der Waals surface area contributed by atoms with Crippen molar-refractivity contribution in [1.82, 2.24) is 10.2 Å². The van der Waals surface area contributed by atoms with Crippen LogP contribution in [0.5, 0.6) is 0 Å². The van der Waals surface area contributed by atoms with Crippen LogP contribution in [0, 0.1) is 11.3 Å². The number of imide groups is 1. The molecule has 1 fully saturated rings. The van der Waals surface area contributed by atoms with E-state index in [-0.39, 0.29) is 12.5 Å². The van der Waals surface area contributed by atoms with E-state index in [9.17, 15) is 9.59 Å². The fourth-order valence-corrected chi connectivity index (χ4v) is 2.34. The molecule has 20 heavy (non-hydrogen) atoms. The second-order valence-corrected chi connectivity index (χ2v) is 5.77. The minimum absolute atomic E-state index is 0.122. The standard InChI is InChI=1S/C14H12BrN3O2/c1-9(15)8-18-12(19)14(2,17-13(18)20)11-5-3-10(7-16)4-6-11/h3-6H,1,8H2,2H3,(H,17,20)/t14-/m0/s1. The summed E-state index contributed by atoms with van der Waals surface area (Å²) in [4.78, 5) is 25.5. The van der Waals surface area contributed by atoms with Crippen molar-refractivity contribution >= 4 is 27.9 Å². The van der Waals surface area contributed by atoms with Crippen LogP contribution >= 0.6 is 15.9 Å². The molecule has 1 heterocycles. The summed E-state index contributed by atoms with van der Waals surface area (Å²) in [6, 6.07) is 8.13. The molecule has 5 nitrogen and oxygen atoms in total. The number of amides is 3. The van der Waals surface area contributed by atoms with Crippen molar-refractivity contribution in [2.24, 2.45) is 0 Å². The summed E-state index contributed by atoms with van der Waals surface area (Å²) >= 11 is 3.15. The third kappa shape index (κ3) is 2.32. The average Bonchev–Trinajstić information content (AvgIpc) is 2.63. The summed E-state index contributed by atoms with van der Waals surface area (Å²) in [5, 5.41) is 11.5. The Labute approximate surface area is 125 Å². The monoisotopic (exact) mass is 333 g/mol. The van der Waals surface area contributed by atoms with E-state index in [0.717, 1.165) is 4.90 Å². The Morgan fingerprint density at radius 3 is 2.55 bits per heavy atom. The second kappa shape index (κ2) is 5.10. The normalized spacial score (nSPS) is 21.6. The Balaban J connectivity index is 2.35. The van der Waals surface area contributed by atoms with Gasteiger partial charge in [-0.25, -0.2) is 4.79 Å². The van der Waals surface area contributed by atoms with Crippen molar-refractivity contribution in [3.63, 3.8) is 0 Å². The number of hydrogen-bond donors (Lipinski definition) is 1. The van der Waals surface area contributed by atoms with Gasteiger partial charge in [-0.2, -0.15) is 5.26 Å². The van der Waals surface area contributed by atoms with Gasteiger partial charge in [-0.1, -0.05) is 34.6 Å². The molecule has 1 N–H and O–H groups in total. The van der Waals surface area contributed by atoms with E-state index in [1.807, 2.05) is 6.07 Å².